The molecular formula is C17H16N2. The third kappa shape index (κ3) is 2.58. The zero-order valence-corrected chi connectivity index (χ0v) is 11.0. The van der Waals surface area contributed by atoms with Gasteiger partial charge in [-0.3, -0.25) is 4.98 Å². The van der Waals surface area contributed by atoms with Gasteiger partial charge < -0.3 is 4.90 Å². The average molecular weight is 248 g/mol. The summed E-state index contributed by atoms with van der Waals surface area (Å²) in [6.07, 6.45) is 1.94. The van der Waals surface area contributed by atoms with Gasteiger partial charge in [-0.1, -0.05) is 48.5 Å². The smallest absolute Gasteiger partial charge is 0.0703 e. The third-order valence-corrected chi connectivity index (χ3v) is 3.28. The second-order valence-electron chi connectivity index (χ2n) is 4.73. The summed E-state index contributed by atoms with van der Waals surface area (Å²) in [7, 11) is 2.10. The van der Waals surface area contributed by atoms with Crippen molar-refractivity contribution in [2.24, 2.45) is 0 Å². The van der Waals surface area contributed by atoms with Crippen molar-refractivity contribution in [2.75, 3.05) is 11.9 Å². The van der Waals surface area contributed by atoms with Gasteiger partial charge in [0, 0.05) is 19.0 Å². The molecular weight excluding hydrogens is 232 g/mol. The Labute approximate surface area is 113 Å². The van der Waals surface area contributed by atoms with Gasteiger partial charge in [-0.2, -0.15) is 0 Å². The Bertz CT molecular complexity index is 677. The molecule has 0 saturated heterocycles. The molecule has 1 aromatic heterocycles. The zero-order valence-electron chi connectivity index (χ0n) is 11.0. The molecule has 0 spiro atoms. The van der Waals surface area contributed by atoms with Crippen molar-refractivity contribution < 1.29 is 0 Å². The van der Waals surface area contributed by atoms with Crippen LogP contribution in [-0.4, -0.2) is 12.0 Å². The molecule has 0 unspecified atom stereocenters. The SMILES string of the molecule is CN(Cc1ccccc1)c1cnc2ccccc2c1. The van der Waals surface area contributed by atoms with Gasteiger partial charge >= 0.3 is 0 Å². The maximum atomic E-state index is 4.50. The van der Waals surface area contributed by atoms with E-state index in [-0.39, 0.29) is 0 Å². The standard InChI is InChI=1S/C17H16N2/c1-19(13-14-7-3-2-4-8-14)16-11-15-9-5-6-10-17(15)18-12-16/h2-12H,13H2,1H3. The van der Waals surface area contributed by atoms with Crippen molar-refractivity contribution in [1.82, 2.24) is 4.98 Å². The lowest BCUT2D eigenvalue weighted by molar-refractivity contribution is 0.920. The van der Waals surface area contributed by atoms with E-state index < -0.39 is 0 Å². The number of hydrogen-bond acceptors (Lipinski definition) is 2. The minimum Gasteiger partial charge on any atom is -0.369 e. The van der Waals surface area contributed by atoms with Crippen LogP contribution in [0.1, 0.15) is 5.56 Å². The summed E-state index contributed by atoms with van der Waals surface area (Å²) in [5, 5.41) is 1.18. The van der Waals surface area contributed by atoms with Gasteiger partial charge in [0.25, 0.3) is 0 Å². The maximum Gasteiger partial charge on any atom is 0.0703 e. The Morgan fingerprint density at radius 1 is 0.947 bits per heavy atom. The summed E-state index contributed by atoms with van der Waals surface area (Å²) in [6.45, 7) is 0.890. The van der Waals surface area contributed by atoms with Crippen molar-refractivity contribution in [2.45, 2.75) is 6.54 Å². The van der Waals surface area contributed by atoms with E-state index in [4.69, 9.17) is 0 Å². The Hall–Kier alpha value is -2.35. The molecule has 0 aliphatic heterocycles. The molecule has 0 bridgehead atoms. The number of nitrogens with zero attached hydrogens (tertiary/aromatic N) is 2. The fourth-order valence-corrected chi connectivity index (χ4v) is 2.22. The van der Waals surface area contributed by atoms with Gasteiger partial charge in [0.05, 0.1) is 17.4 Å². The Balaban J connectivity index is 1.87. The molecule has 1 heterocycles. The van der Waals surface area contributed by atoms with Crippen LogP contribution in [0.25, 0.3) is 10.9 Å². The highest BCUT2D eigenvalue weighted by Gasteiger charge is 2.03. The monoisotopic (exact) mass is 248 g/mol. The molecule has 2 aromatic carbocycles. The van der Waals surface area contributed by atoms with Crippen molar-refractivity contribution in [3.05, 3.63) is 72.4 Å². The number of pyridine rings is 1. The topological polar surface area (TPSA) is 16.1 Å². The third-order valence-electron chi connectivity index (χ3n) is 3.28. The van der Waals surface area contributed by atoms with Gasteiger partial charge in [0.1, 0.15) is 0 Å². The predicted octanol–water partition coefficient (Wildman–Crippen LogP) is 3.87. The quantitative estimate of drug-likeness (QED) is 0.699. The second kappa shape index (κ2) is 5.11. The maximum absolute atomic E-state index is 4.50. The van der Waals surface area contributed by atoms with E-state index in [2.05, 4.69) is 53.3 Å². The summed E-state index contributed by atoms with van der Waals surface area (Å²) in [5.74, 6) is 0. The zero-order chi connectivity index (χ0) is 13.1. The number of aromatic nitrogens is 1. The molecule has 0 amide bonds. The van der Waals surface area contributed by atoms with E-state index in [1.54, 1.807) is 0 Å². The van der Waals surface area contributed by atoms with Crippen LogP contribution in [0.2, 0.25) is 0 Å². The predicted molar refractivity (Wildman–Crippen MR) is 80.3 cm³/mol. The van der Waals surface area contributed by atoms with Crippen LogP contribution in [0, 0.1) is 0 Å². The van der Waals surface area contributed by atoms with Gasteiger partial charge in [0.15, 0.2) is 0 Å². The molecule has 0 radical (unpaired) electrons. The molecule has 0 aliphatic carbocycles. The fourth-order valence-electron chi connectivity index (χ4n) is 2.22. The van der Waals surface area contributed by atoms with Gasteiger partial charge in [-0.15, -0.1) is 0 Å². The number of hydrogen-bond donors (Lipinski definition) is 0. The Kier molecular flexibility index (Phi) is 3.15. The van der Waals surface area contributed by atoms with Crippen LogP contribution in [0.3, 0.4) is 0 Å². The first-order valence-electron chi connectivity index (χ1n) is 6.43. The lowest BCUT2D eigenvalue weighted by Crippen LogP contribution is -2.16. The number of para-hydroxylation sites is 1. The second-order valence-corrected chi connectivity index (χ2v) is 4.73. The van der Waals surface area contributed by atoms with Gasteiger partial charge in [-0.05, 0) is 17.7 Å². The van der Waals surface area contributed by atoms with E-state index in [1.807, 2.05) is 30.5 Å². The van der Waals surface area contributed by atoms with Crippen LogP contribution >= 0.6 is 0 Å². The first-order valence-corrected chi connectivity index (χ1v) is 6.43. The first-order chi connectivity index (χ1) is 9.33. The Morgan fingerprint density at radius 2 is 1.68 bits per heavy atom. The first kappa shape index (κ1) is 11.7. The molecule has 19 heavy (non-hydrogen) atoms. The lowest BCUT2D eigenvalue weighted by Gasteiger charge is -2.19. The van der Waals surface area contributed by atoms with Crippen LogP contribution in [-0.2, 0) is 6.54 Å². The largest absolute Gasteiger partial charge is 0.369 e. The summed E-state index contributed by atoms with van der Waals surface area (Å²) in [6, 6.07) is 20.9. The summed E-state index contributed by atoms with van der Waals surface area (Å²) in [4.78, 5) is 6.72. The number of rotatable bonds is 3. The minimum absolute atomic E-state index is 0.890. The van der Waals surface area contributed by atoms with Crippen molar-refractivity contribution >= 4 is 16.6 Å². The molecule has 0 aliphatic rings. The highest BCUT2D eigenvalue weighted by atomic mass is 15.1. The van der Waals surface area contributed by atoms with Crippen molar-refractivity contribution in [3.63, 3.8) is 0 Å². The van der Waals surface area contributed by atoms with E-state index in [0.717, 1.165) is 17.7 Å². The van der Waals surface area contributed by atoms with Gasteiger partial charge in [0.2, 0.25) is 0 Å². The summed E-state index contributed by atoms with van der Waals surface area (Å²) < 4.78 is 0. The highest BCUT2D eigenvalue weighted by molar-refractivity contribution is 5.81. The van der Waals surface area contributed by atoms with Crippen LogP contribution < -0.4 is 4.90 Å². The molecule has 2 nitrogen and oxygen atoms in total. The molecule has 2 heteroatoms. The van der Waals surface area contributed by atoms with E-state index >= 15 is 0 Å². The van der Waals surface area contributed by atoms with Crippen molar-refractivity contribution in [1.29, 1.82) is 0 Å². The normalized spacial score (nSPS) is 10.6. The lowest BCUT2D eigenvalue weighted by atomic mass is 10.2. The highest BCUT2D eigenvalue weighted by Crippen LogP contribution is 2.20. The molecule has 94 valence electrons. The van der Waals surface area contributed by atoms with E-state index in [9.17, 15) is 0 Å². The molecule has 0 fully saturated rings. The molecule has 0 N–H and O–H groups in total. The fraction of sp³-hybridized carbons (Fsp3) is 0.118. The summed E-state index contributed by atoms with van der Waals surface area (Å²) >= 11 is 0. The number of fused-ring (bicyclic) bond motifs is 1. The minimum atomic E-state index is 0.890. The number of anilines is 1. The molecule has 0 saturated carbocycles. The van der Waals surface area contributed by atoms with Crippen molar-refractivity contribution in [3.8, 4) is 0 Å². The van der Waals surface area contributed by atoms with E-state index in [1.165, 1.54) is 10.9 Å². The van der Waals surface area contributed by atoms with Crippen LogP contribution in [0.15, 0.2) is 66.9 Å². The number of benzene rings is 2. The summed E-state index contributed by atoms with van der Waals surface area (Å²) in [5.41, 5.74) is 3.49. The van der Waals surface area contributed by atoms with Gasteiger partial charge in [-0.25, -0.2) is 0 Å². The Morgan fingerprint density at radius 3 is 2.53 bits per heavy atom. The molecule has 3 rings (SSSR count). The molecule has 0 atom stereocenters. The average Bonchev–Trinajstić information content (AvgIpc) is 2.48. The van der Waals surface area contributed by atoms with Crippen LogP contribution in [0.4, 0.5) is 5.69 Å². The molecule has 3 aromatic rings. The van der Waals surface area contributed by atoms with E-state index in [0.29, 0.717) is 0 Å². The van der Waals surface area contributed by atoms with Crippen LogP contribution in [0.5, 0.6) is 0 Å².